The molecule has 0 aromatic heterocycles. The number of amides is 1. The number of rotatable bonds is 4. The minimum absolute atomic E-state index is 0.159. The van der Waals surface area contributed by atoms with Crippen LogP contribution in [-0.2, 0) is 0 Å². The summed E-state index contributed by atoms with van der Waals surface area (Å²) in [4.78, 5) is 13.5. The van der Waals surface area contributed by atoms with Gasteiger partial charge in [-0.15, -0.1) is 0 Å². The first kappa shape index (κ1) is 19.2. The number of para-hydroxylation sites is 1. The average Bonchev–Trinajstić information content (AvgIpc) is 2.62. The van der Waals surface area contributed by atoms with Crippen molar-refractivity contribution in [2.24, 2.45) is 0 Å². The van der Waals surface area contributed by atoms with Crippen LogP contribution in [-0.4, -0.2) is 37.7 Å². The van der Waals surface area contributed by atoms with Gasteiger partial charge in [0.15, 0.2) is 11.5 Å². The molecule has 1 heterocycles. The van der Waals surface area contributed by atoms with Gasteiger partial charge in [-0.2, -0.15) is 13.2 Å². The van der Waals surface area contributed by atoms with Crippen LogP contribution in [0.2, 0.25) is 5.02 Å². The van der Waals surface area contributed by atoms with Gasteiger partial charge in [0.25, 0.3) is 5.91 Å². The minimum Gasteiger partial charge on any atom is -0.493 e. The Kier molecular flexibility index (Phi) is 5.10. The molecule has 1 aliphatic rings. The Hall–Kier alpha value is -2.61. The van der Waals surface area contributed by atoms with E-state index in [0.717, 1.165) is 4.90 Å². The zero-order chi connectivity index (χ0) is 19.8. The number of nitrogens with one attached hydrogen (secondary N) is 1. The lowest BCUT2D eigenvalue weighted by atomic mass is 10.0. The number of carbonyl (C=O) groups excluding carboxylic acids is 1. The first-order chi connectivity index (χ1) is 12.7. The van der Waals surface area contributed by atoms with Crippen molar-refractivity contribution in [1.82, 2.24) is 4.90 Å². The van der Waals surface area contributed by atoms with Crippen LogP contribution in [0.5, 0.6) is 11.5 Å². The lowest BCUT2D eigenvalue weighted by molar-refractivity contribution is -0.144. The number of hydrogen-bond donors (Lipinski definition) is 1. The molecule has 0 spiro atoms. The highest BCUT2D eigenvalue weighted by molar-refractivity contribution is 6.32. The first-order valence-electron chi connectivity index (χ1n) is 7.90. The van der Waals surface area contributed by atoms with Crippen molar-refractivity contribution in [3.63, 3.8) is 0 Å². The Morgan fingerprint density at radius 2 is 1.89 bits per heavy atom. The molecule has 1 atom stereocenters. The van der Waals surface area contributed by atoms with E-state index in [9.17, 15) is 18.0 Å². The summed E-state index contributed by atoms with van der Waals surface area (Å²) in [5.41, 5.74) is 0.950. The average molecular weight is 401 g/mol. The van der Waals surface area contributed by atoms with Gasteiger partial charge in [-0.3, -0.25) is 4.79 Å². The van der Waals surface area contributed by atoms with E-state index in [1.807, 2.05) is 0 Å². The lowest BCUT2D eigenvalue weighted by Gasteiger charge is -2.38. The highest BCUT2D eigenvalue weighted by Crippen LogP contribution is 2.41. The molecule has 9 heteroatoms. The van der Waals surface area contributed by atoms with E-state index in [0.29, 0.717) is 11.3 Å². The number of benzene rings is 2. The number of ether oxygens (including phenoxy) is 2. The van der Waals surface area contributed by atoms with Gasteiger partial charge in [0, 0.05) is 11.3 Å². The molecule has 0 saturated carbocycles. The fourth-order valence-corrected chi connectivity index (χ4v) is 3.30. The molecule has 0 radical (unpaired) electrons. The second kappa shape index (κ2) is 7.19. The third-order valence-corrected chi connectivity index (χ3v) is 4.42. The van der Waals surface area contributed by atoms with Crippen LogP contribution in [0, 0.1) is 0 Å². The predicted octanol–water partition coefficient (Wildman–Crippen LogP) is 4.49. The molecule has 144 valence electrons. The van der Waals surface area contributed by atoms with E-state index in [4.69, 9.17) is 21.1 Å². The maximum Gasteiger partial charge on any atom is 0.406 e. The Labute approximate surface area is 158 Å². The third-order valence-electron chi connectivity index (χ3n) is 4.14. The molecular formula is C18H16ClF3N2O3. The predicted molar refractivity (Wildman–Crippen MR) is 94.5 cm³/mol. The largest absolute Gasteiger partial charge is 0.493 e. The zero-order valence-electron chi connectivity index (χ0n) is 14.4. The van der Waals surface area contributed by atoms with Crippen molar-refractivity contribution in [2.45, 2.75) is 12.3 Å². The van der Waals surface area contributed by atoms with Crippen molar-refractivity contribution < 1.29 is 27.4 Å². The Morgan fingerprint density at radius 3 is 2.52 bits per heavy atom. The normalized spacial score (nSPS) is 16.6. The summed E-state index contributed by atoms with van der Waals surface area (Å²) in [6, 6.07) is 9.34. The van der Waals surface area contributed by atoms with Crippen molar-refractivity contribution in [1.29, 1.82) is 0 Å². The number of alkyl halides is 3. The number of halogens is 4. The van der Waals surface area contributed by atoms with Crippen LogP contribution in [0.4, 0.5) is 18.9 Å². The van der Waals surface area contributed by atoms with Gasteiger partial charge in [0.05, 0.1) is 24.8 Å². The van der Waals surface area contributed by atoms with Crippen molar-refractivity contribution >= 4 is 23.2 Å². The molecule has 0 saturated heterocycles. The summed E-state index contributed by atoms with van der Waals surface area (Å²) in [6.45, 7) is -1.41. The molecule has 27 heavy (non-hydrogen) atoms. The van der Waals surface area contributed by atoms with Crippen LogP contribution in [0.1, 0.15) is 22.1 Å². The number of carbonyl (C=O) groups is 1. The Balaban J connectivity index is 2.11. The molecule has 2 aromatic carbocycles. The van der Waals surface area contributed by atoms with Gasteiger partial charge in [0.2, 0.25) is 0 Å². The number of anilines is 1. The van der Waals surface area contributed by atoms with Crippen molar-refractivity contribution in [2.75, 3.05) is 26.1 Å². The van der Waals surface area contributed by atoms with E-state index < -0.39 is 24.8 Å². The zero-order valence-corrected chi connectivity index (χ0v) is 15.2. The van der Waals surface area contributed by atoms with Crippen molar-refractivity contribution in [3.8, 4) is 11.5 Å². The Bertz CT molecular complexity index is 873. The smallest absolute Gasteiger partial charge is 0.406 e. The van der Waals surface area contributed by atoms with Gasteiger partial charge in [-0.25, -0.2) is 0 Å². The maximum atomic E-state index is 13.1. The molecule has 0 aliphatic carbocycles. The molecule has 1 amide bonds. The van der Waals surface area contributed by atoms with Crippen LogP contribution in [0.3, 0.4) is 0 Å². The molecular weight excluding hydrogens is 385 g/mol. The second-order valence-electron chi connectivity index (χ2n) is 5.88. The van der Waals surface area contributed by atoms with Crippen LogP contribution < -0.4 is 14.8 Å². The van der Waals surface area contributed by atoms with Gasteiger partial charge < -0.3 is 19.7 Å². The number of nitrogens with zero attached hydrogens (tertiary/aromatic N) is 1. The monoisotopic (exact) mass is 400 g/mol. The van der Waals surface area contributed by atoms with Gasteiger partial charge >= 0.3 is 6.18 Å². The highest BCUT2D eigenvalue weighted by atomic mass is 35.5. The number of methoxy groups -OCH3 is 2. The SMILES string of the molecule is COc1cc(C2Nc3ccccc3C(=O)N2CC(F)(F)F)cc(Cl)c1OC. The lowest BCUT2D eigenvalue weighted by Crippen LogP contribution is -2.47. The van der Waals surface area contributed by atoms with Crippen LogP contribution in [0.15, 0.2) is 36.4 Å². The molecule has 1 N–H and O–H groups in total. The number of fused-ring (bicyclic) bond motifs is 1. The summed E-state index contributed by atoms with van der Waals surface area (Å²) in [5, 5.41) is 3.14. The van der Waals surface area contributed by atoms with Crippen LogP contribution in [0.25, 0.3) is 0 Å². The molecule has 2 aromatic rings. The fraction of sp³-hybridized carbons (Fsp3) is 0.278. The summed E-state index contributed by atoms with van der Waals surface area (Å²) in [7, 11) is 2.79. The van der Waals surface area contributed by atoms with E-state index in [1.165, 1.54) is 32.4 Å². The molecule has 0 bridgehead atoms. The number of hydrogen-bond acceptors (Lipinski definition) is 4. The molecule has 5 nitrogen and oxygen atoms in total. The summed E-state index contributed by atoms with van der Waals surface area (Å²) in [6.07, 6.45) is -5.64. The summed E-state index contributed by atoms with van der Waals surface area (Å²) in [5.74, 6) is -0.217. The molecule has 0 fully saturated rings. The Morgan fingerprint density at radius 1 is 1.19 bits per heavy atom. The standard InChI is InChI=1S/C18H16ClF3N2O3/c1-26-14-8-10(7-12(19)15(14)27-2)16-23-13-6-4-3-5-11(13)17(25)24(16)9-18(20,21)22/h3-8,16,23H,9H2,1-2H3. The summed E-state index contributed by atoms with van der Waals surface area (Å²) >= 11 is 6.19. The summed E-state index contributed by atoms with van der Waals surface area (Å²) < 4.78 is 49.8. The quantitative estimate of drug-likeness (QED) is 0.821. The maximum absolute atomic E-state index is 13.1. The van der Waals surface area contributed by atoms with E-state index in [2.05, 4.69) is 5.32 Å². The first-order valence-corrected chi connectivity index (χ1v) is 8.27. The fourth-order valence-electron chi connectivity index (χ4n) is 3.01. The van der Waals surface area contributed by atoms with Crippen LogP contribution >= 0.6 is 11.6 Å². The topological polar surface area (TPSA) is 50.8 Å². The molecule has 3 rings (SSSR count). The van der Waals surface area contributed by atoms with E-state index in [1.54, 1.807) is 18.2 Å². The third kappa shape index (κ3) is 3.75. The van der Waals surface area contributed by atoms with Gasteiger partial charge in [-0.05, 0) is 24.3 Å². The second-order valence-corrected chi connectivity index (χ2v) is 6.29. The molecule has 1 unspecified atom stereocenters. The van der Waals surface area contributed by atoms with Crippen molar-refractivity contribution in [3.05, 3.63) is 52.5 Å². The van der Waals surface area contributed by atoms with E-state index in [-0.39, 0.29) is 22.1 Å². The molecule has 1 aliphatic heterocycles. The van der Waals surface area contributed by atoms with Gasteiger partial charge in [-0.1, -0.05) is 23.7 Å². The van der Waals surface area contributed by atoms with Gasteiger partial charge in [0.1, 0.15) is 12.7 Å². The van der Waals surface area contributed by atoms with E-state index >= 15 is 0 Å². The minimum atomic E-state index is -4.57. The highest BCUT2D eigenvalue weighted by Gasteiger charge is 2.41.